The zero-order chi connectivity index (χ0) is 27.7. The van der Waals surface area contributed by atoms with Crippen LogP contribution in [0.4, 0.5) is 0 Å². The molecular formula is C28H32N4O5S. The van der Waals surface area contributed by atoms with E-state index in [1.54, 1.807) is 31.0 Å². The van der Waals surface area contributed by atoms with Crippen molar-refractivity contribution in [3.8, 4) is 28.4 Å². The summed E-state index contributed by atoms with van der Waals surface area (Å²) in [5.74, 6) is 0.137. The minimum Gasteiger partial charge on any atom is -0.545 e. The highest BCUT2D eigenvalue weighted by atomic mass is 32.2. The van der Waals surface area contributed by atoms with Crippen molar-refractivity contribution in [1.29, 1.82) is 0 Å². The van der Waals surface area contributed by atoms with E-state index >= 15 is 0 Å². The lowest BCUT2D eigenvalue weighted by Crippen LogP contribution is -2.36. The number of ether oxygens (including phenoxy) is 2. The first kappa shape index (κ1) is 28.7. The Bertz CT molecular complexity index is 1350. The molecule has 200 valence electrons. The first-order valence-electron chi connectivity index (χ1n) is 11.8. The van der Waals surface area contributed by atoms with Gasteiger partial charge >= 0.3 is 0 Å². The summed E-state index contributed by atoms with van der Waals surface area (Å²) in [6.07, 6.45) is 1.83. The van der Waals surface area contributed by atoms with Crippen LogP contribution in [0.2, 0.25) is 0 Å². The number of carboxylic acids is 1. The molecule has 0 amide bonds. The molecule has 0 atom stereocenters. The molecule has 4 rings (SSSR count). The van der Waals surface area contributed by atoms with E-state index in [1.165, 1.54) is 23.9 Å². The second kappa shape index (κ2) is 13.1. The molecule has 4 aromatic rings. The van der Waals surface area contributed by atoms with Crippen molar-refractivity contribution in [1.82, 2.24) is 15.0 Å². The number of aliphatic hydroxyl groups is 1. The van der Waals surface area contributed by atoms with Gasteiger partial charge in [-0.2, -0.15) is 0 Å². The van der Waals surface area contributed by atoms with Gasteiger partial charge < -0.3 is 29.0 Å². The van der Waals surface area contributed by atoms with E-state index in [-0.39, 0.29) is 12.2 Å². The molecule has 9 nitrogen and oxygen atoms in total. The van der Waals surface area contributed by atoms with Gasteiger partial charge in [-0.05, 0) is 35.9 Å². The Labute approximate surface area is 226 Å². The smallest absolute Gasteiger partial charge is 0.144 e. The summed E-state index contributed by atoms with van der Waals surface area (Å²) < 4.78 is 13.3. The first-order chi connectivity index (χ1) is 18.1. The number of aromatic nitrogens is 3. The summed E-state index contributed by atoms with van der Waals surface area (Å²) in [5.41, 5.74) is 2.46. The third-order valence-electron chi connectivity index (χ3n) is 5.38. The van der Waals surface area contributed by atoms with Gasteiger partial charge in [-0.1, -0.05) is 47.3 Å². The van der Waals surface area contributed by atoms with Crippen LogP contribution < -0.4 is 14.6 Å². The number of benzene rings is 3. The largest absolute Gasteiger partial charge is 0.545 e. The highest BCUT2D eigenvalue weighted by Gasteiger charge is 2.14. The van der Waals surface area contributed by atoms with E-state index in [0.717, 1.165) is 26.4 Å². The van der Waals surface area contributed by atoms with Crippen LogP contribution in [0.1, 0.15) is 10.4 Å². The summed E-state index contributed by atoms with van der Waals surface area (Å²) in [4.78, 5) is 12.8. The fraction of sp³-hybridized carbons (Fsp3) is 0.250. The Kier molecular flexibility index (Phi) is 9.89. The standard InChI is InChI=1S/C23H19N3O4S.C5H14NO/c1-29-16-9-12-21(30-2)20(13-16)26-14-19(24-25-26)18-5-3-4-6-22(18)31-17-10-7-15(8-11-17)23(27)28;1-6(2,3)4-5-7/h3-14H,1-2H3,(H,27,28);7H,4-5H2,1-3H3/q;+1/p-1. The Morgan fingerprint density at radius 3 is 2.32 bits per heavy atom. The van der Waals surface area contributed by atoms with E-state index in [2.05, 4.69) is 31.5 Å². The van der Waals surface area contributed by atoms with Crippen LogP contribution >= 0.6 is 11.8 Å². The molecule has 0 fully saturated rings. The monoisotopic (exact) mass is 536 g/mol. The number of carbonyl (C=O) groups is 1. The van der Waals surface area contributed by atoms with Crippen molar-refractivity contribution in [3.05, 3.63) is 78.5 Å². The van der Waals surface area contributed by atoms with Crippen LogP contribution in [0, 0.1) is 0 Å². The summed E-state index contributed by atoms with van der Waals surface area (Å²) in [5, 5.41) is 28.0. The molecule has 0 aliphatic carbocycles. The Balaban J connectivity index is 0.000000505. The molecule has 0 saturated heterocycles. The van der Waals surface area contributed by atoms with Crippen molar-refractivity contribution < 1.29 is 29.0 Å². The molecule has 3 aromatic carbocycles. The van der Waals surface area contributed by atoms with Gasteiger partial charge in [0.2, 0.25) is 0 Å². The predicted octanol–water partition coefficient (Wildman–Crippen LogP) is 3.15. The molecule has 38 heavy (non-hydrogen) atoms. The molecule has 0 aliphatic rings. The number of aromatic carboxylic acids is 1. The fourth-order valence-corrected chi connectivity index (χ4v) is 4.29. The average molecular weight is 537 g/mol. The van der Waals surface area contributed by atoms with E-state index < -0.39 is 5.97 Å². The van der Waals surface area contributed by atoms with E-state index in [0.29, 0.717) is 22.9 Å². The van der Waals surface area contributed by atoms with E-state index in [9.17, 15) is 9.90 Å². The molecule has 0 aliphatic heterocycles. The zero-order valence-electron chi connectivity index (χ0n) is 22.1. The van der Waals surface area contributed by atoms with Gasteiger partial charge in [-0.15, -0.1) is 5.10 Å². The molecule has 0 spiro atoms. The number of hydrogen-bond acceptors (Lipinski definition) is 8. The highest BCUT2D eigenvalue weighted by Crippen LogP contribution is 2.36. The van der Waals surface area contributed by atoms with E-state index in [1.807, 2.05) is 48.7 Å². The number of likely N-dealkylation sites (N-methyl/N-ethyl adjacent to an activating group) is 1. The van der Waals surface area contributed by atoms with Crippen molar-refractivity contribution in [2.24, 2.45) is 0 Å². The highest BCUT2D eigenvalue weighted by molar-refractivity contribution is 7.99. The van der Waals surface area contributed by atoms with Crippen molar-refractivity contribution in [3.63, 3.8) is 0 Å². The van der Waals surface area contributed by atoms with Gasteiger partial charge in [0.1, 0.15) is 29.4 Å². The molecule has 0 unspecified atom stereocenters. The van der Waals surface area contributed by atoms with Gasteiger partial charge in [0, 0.05) is 21.4 Å². The number of aliphatic hydroxyl groups excluding tert-OH is 1. The molecule has 1 N–H and O–H groups in total. The maximum atomic E-state index is 11.0. The quantitative estimate of drug-likeness (QED) is 0.325. The van der Waals surface area contributed by atoms with E-state index in [4.69, 9.17) is 14.6 Å². The van der Waals surface area contributed by atoms with Crippen molar-refractivity contribution >= 4 is 17.7 Å². The molecule has 10 heteroatoms. The van der Waals surface area contributed by atoms with Gasteiger partial charge in [0.15, 0.2) is 0 Å². The summed E-state index contributed by atoms with van der Waals surface area (Å²) >= 11 is 1.51. The third-order valence-corrected chi connectivity index (χ3v) is 6.46. The molecule has 1 heterocycles. The summed E-state index contributed by atoms with van der Waals surface area (Å²) in [6.45, 7) is 1.11. The second-order valence-corrected chi connectivity index (χ2v) is 10.3. The lowest BCUT2D eigenvalue weighted by molar-refractivity contribution is -0.870. The Morgan fingerprint density at radius 1 is 1.03 bits per heavy atom. The molecule has 0 bridgehead atoms. The molecule has 0 saturated carbocycles. The number of methoxy groups -OCH3 is 2. The number of quaternary nitrogens is 1. The maximum absolute atomic E-state index is 11.0. The molecule has 0 radical (unpaired) electrons. The van der Waals surface area contributed by atoms with Crippen LogP contribution in [-0.4, -0.2) is 79.1 Å². The number of rotatable bonds is 9. The average Bonchev–Trinajstić information content (AvgIpc) is 3.38. The summed E-state index contributed by atoms with van der Waals surface area (Å²) in [7, 11) is 9.36. The Hall–Kier alpha value is -3.86. The number of carbonyl (C=O) groups excluding carboxylic acids is 1. The van der Waals surface area contributed by atoms with Gasteiger partial charge in [-0.3, -0.25) is 0 Å². The lowest BCUT2D eigenvalue weighted by Gasteiger charge is -2.21. The van der Waals surface area contributed by atoms with Crippen LogP contribution in [0.5, 0.6) is 11.5 Å². The van der Waals surface area contributed by atoms with Crippen LogP contribution in [-0.2, 0) is 0 Å². The van der Waals surface area contributed by atoms with Crippen molar-refractivity contribution in [2.75, 3.05) is 48.5 Å². The lowest BCUT2D eigenvalue weighted by atomic mass is 10.2. The minimum atomic E-state index is -1.19. The van der Waals surface area contributed by atoms with Gasteiger partial charge in [-0.25, -0.2) is 4.68 Å². The normalized spacial score (nSPS) is 10.9. The molecular weight excluding hydrogens is 504 g/mol. The van der Waals surface area contributed by atoms with Crippen molar-refractivity contribution in [2.45, 2.75) is 9.79 Å². The van der Waals surface area contributed by atoms with Gasteiger partial charge in [0.25, 0.3) is 0 Å². The number of nitrogens with zero attached hydrogens (tertiary/aromatic N) is 4. The topological polar surface area (TPSA) is 110 Å². The maximum Gasteiger partial charge on any atom is 0.144 e. The zero-order valence-corrected chi connectivity index (χ0v) is 22.9. The first-order valence-corrected chi connectivity index (χ1v) is 12.6. The Morgan fingerprint density at radius 2 is 1.74 bits per heavy atom. The SMILES string of the molecule is COc1ccc(OC)c(-n2cc(-c3ccccc3Sc3ccc(C(=O)[O-])cc3)nn2)c1.C[N+](C)(C)CCO. The van der Waals surface area contributed by atoms with Crippen LogP contribution in [0.25, 0.3) is 16.9 Å². The third kappa shape index (κ3) is 7.82. The number of hydrogen-bond donors (Lipinski definition) is 1. The fourth-order valence-electron chi connectivity index (χ4n) is 3.33. The minimum absolute atomic E-state index is 0.146. The number of carboxylic acid groups (broad SMARTS) is 1. The summed E-state index contributed by atoms with van der Waals surface area (Å²) in [6, 6.07) is 19.9. The second-order valence-electron chi connectivity index (χ2n) is 9.23. The van der Waals surface area contributed by atoms with Gasteiger partial charge in [0.05, 0.1) is 54.1 Å². The van der Waals surface area contributed by atoms with Crippen LogP contribution in [0.15, 0.2) is 82.7 Å². The predicted molar refractivity (Wildman–Crippen MR) is 145 cm³/mol. The molecule has 1 aromatic heterocycles. The van der Waals surface area contributed by atoms with Crippen LogP contribution in [0.3, 0.4) is 0 Å².